The van der Waals surface area contributed by atoms with E-state index in [-0.39, 0.29) is 5.75 Å². The smallest absolute Gasteiger partial charge is 0.321 e. The van der Waals surface area contributed by atoms with Gasteiger partial charge in [0.05, 0.1) is 11.3 Å². The molecule has 2 aromatic rings. The Kier molecular flexibility index (Phi) is 4.24. The summed E-state index contributed by atoms with van der Waals surface area (Å²) in [6.45, 7) is 1.33. The van der Waals surface area contributed by atoms with E-state index in [2.05, 4.69) is 4.98 Å². The van der Waals surface area contributed by atoms with Gasteiger partial charge in [-0.25, -0.2) is 8.42 Å². The summed E-state index contributed by atoms with van der Waals surface area (Å²) in [5.74, 6) is -1.47. The van der Waals surface area contributed by atoms with E-state index in [9.17, 15) is 13.2 Å². The number of fused-ring (bicyclic) bond motifs is 1. The van der Waals surface area contributed by atoms with E-state index in [0.29, 0.717) is 11.1 Å². The third-order valence-electron chi connectivity index (χ3n) is 3.40. The average Bonchev–Trinajstić information content (AvgIpc) is 2.45. The number of carboxylic acids is 1. The maximum atomic E-state index is 12.3. The van der Waals surface area contributed by atoms with E-state index in [1.807, 2.05) is 12.1 Å². The van der Waals surface area contributed by atoms with Crippen LogP contribution in [-0.4, -0.2) is 41.9 Å². The highest BCUT2D eigenvalue weighted by Gasteiger charge is 2.28. The molecule has 0 saturated carbocycles. The number of aliphatic carboxylic acids is 1. The monoisotopic (exact) mass is 308 g/mol. The molecule has 1 aromatic carbocycles. The molecule has 0 aliphatic rings. The quantitative estimate of drug-likeness (QED) is 0.903. The van der Waals surface area contributed by atoms with Gasteiger partial charge < -0.3 is 5.11 Å². The van der Waals surface area contributed by atoms with E-state index < -0.39 is 22.0 Å². The molecule has 1 atom stereocenters. The van der Waals surface area contributed by atoms with Crippen LogP contribution in [0.25, 0.3) is 10.9 Å². The first-order chi connectivity index (χ1) is 9.83. The molecule has 0 saturated heterocycles. The third-order valence-corrected chi connectivity index (χ3v) is 5.27. The highest BCUT2D eigenvalue weighted by Crippen LogP contribution is 2.20. The molecule has 0 bridgehead atoms. The predicted molar refractivity (Wildman–Crippen MR) is 79.2 cm³/mol. The second kappa shape index (κ2) is 5.79. The zero-order valence-electron chi connectivity index (χ0n) is 11.7. The van der Waals surface area contributed by atoms with Crippen LogP contribution in [-0.2, 0) is 20.6 Å². The van der Waals surface area contributed by atoms with Gasteiger partial charge in [0.1, 0.15) is 6.04 Å². The normalized spacial score (nSPS) is 13.5. The minimum Gasteiger partial charge on any atom is -0.480 e. The lowest BCUT2D eigenvalue weighted by atomic mass is 10.1. The van der Waals surface area contributed by atoms with Gasteiger partial charge in [0.15, 0.2) is 0 Å². The fraction of sp³-hybridized carbons (Fsp3) is 0.286. The molecular weight excluding hydrogens is 292 g/mol. The van der Waals surface area contributed by atoms with E-state index in [0.717, 1.165) is 9.69 Å². The first-order valence-electron chi connectivity index (χ1n) is 6.34. The van der Waals surface area contributed by atoms with E-state index >= 15 is 0 Å². The van der Waals surface area contributed by atoms with Crippen molar-refractivity contribution in [1.29, 1.82) is 0 Å². The molecule has 0 aliphatic heterocycles. The van der Waals surface area contributed by atoms with Crippen molar-refractivity contribution in [1.82, 2.24) is 9.29 Å². The number of likely N-dealkylation sites (N-methyl/N-ethyl adjacent to an activating group) is 1. The summed E-state index contributed by atoms with van der Waals surface area (Å²) in [4.78, 5) is 15.1. The molecule has 1 unspecified atom stereocenters. The number of pyridine rings is 1. The van der Waals surface area contributed by atoms with Gasteiger partial charge in [0, 0.05) is 18.6 Å². The number of hydrogen-bond donors (Lipinski definition) is 1. The molecule has 2 rings (SSSR count). The predicted octanol–water partition coefficient (Wildman–Crippen LogP) is 1.47. The van der Waals surface area contributed by atoms with Gasteiger partial charge in [-0.2, -0.15) is 4.31 Å². The third kappa shape index (κ3) is 3.20. The van der Waals surface area contributed by atoms with Crippen LogP contribution in [0.5, 0.6) is 0 Å². The molecule has 1 heterocycles. The summed E-state index contributed by atoms with van der Waals surface area (Å²) in [5.41, 5.74) is 1.16. The molecule has 1 aromatic heterocycles. The van der Waals surface area contributed by atoms with Gasteiger partial charge >= 0.3 is 5.97 Å². The first kappa shape index (κ1) is 15.4. The highest BCUT2D eigenvalue weighted by molar-refractivity contribution is 7.88. The second-order valence-electron chi connectivity index (χ2n) is 4.78. The maximum absolute atomic E-state index is 12.3. The molecule has 0 radical (unpaired) electrons. The Balaban J connectivity index is 2.37. The van der Waals surface area contributed by atoms with Gasteiger partial charge in [0.25, 0.3) is 0 Å². The van der Waals surface area contributed by atoms with Crippen molar-refractivity contribution < 1.29 is 18.3 Å². The van der Waals surface area contributed by atoms with Gasteiger partial charge in [-0.05, 0) is 18.6 Å². The second-order valence-corrected chi connectivity index (χ2v) is 6.81. The largest absolute Gasteiger partial charge is 0.480 e. The van der Waals surface area contributed by atoms with Crippen LogP contribution < -0.4 is 0 Å². The van der Waals surface area contributed by atoms with Gasteiger partial charge in [-0.1, -0.05) is 24.3 Å². The molecule has 0 fully saturated rings. The summed E-state index contributed by atoms with van der Waals surface area (Å²) in [5, 5.41) is 9.78. The Morgan fingerprint density at radius 2 is 2.00 bits per heavy atom. The number of nitrogens with zero attached hydrogens (tertiary/aromatic N) is 2. The standard InChI is InChI=1S/C14H16N2O4S/c1-10(14(17)18)16(2)21(19,20)9-12-6-3-5-11-7-4-8-15-13(11)12/h3-8,10H,9H2,1-2H3,(H,17,18). The lowest BCUT2D eigenvalue weighted by Gasteiger charge is -2.21. The van der Waals surface area contributed by atoms with Crippen LogP contribution >= 0.6 is 0 Å². The Bertz CT molecular complexity index is 768. The van der Waals surface area contributed by atoms with Gasteiger partial charge in [0.2, 0.25) is 10.0 Å². The number of rotatable bonds is 5. The van der Waals surface area contributed by atoms with Crippen molar-refractivity contribution in [2.24, 2.45) is 0 Å². The molecule has 112 valence electrons. The van der Waals surface area contributed by atoms with Crippen molar-refractivity contribution in [3.63, 3.8) is 0 Å². The van der Waals surface area contributed by atoms with Crippen molar-refractivity contribution in [2.45, 2.75) is 18.7 Å². The zero-order valence-corrected chi connectivity index (χ0v) is 12.5. The van der Waals surface area contributed by atoms with Crippen molar-refractivity contribution in [3.05, 3.63) is 42.1 Å². The van der Waals surface area contributed by atoms with Crippen molar-refractivity contribution >= 4 is 26.9 Å². The van der Waals surface area contributed by atoms with Gasteiger partial charge in [-0.3, -0.25) is 9.78 Å². The van der Waals surface area contributed by atoms with Crippen LogP contribution in [0, 0.1) is 0 Å². The van der Waals surface area contributed by atoms with Crippen LogP contribution in [0.15, 0.2) is 36.5 Å². The number of para-hydroxylation sites is 1. The summed E-state index contributed by atoms with van der Waals surface area (Å²) in [6.07, 6.45) is 1.60. The number of hydrogen-bond acceptors (Lipinski definition) is 4. The minimum absolute atomic E-state index is 0.282. The molecule has 21 heavy (non-hydrogen) atoms. The highest BCUT2D eigenvalue weighted by atomic mass is 32.2. The molecule has 0 aliphatic carbocycles. The summed E-state index contributed by atoms with van der Waals surface area (Å²) < 4.78 is 25.5. The van der Waals surface area contributed by atoms with Crippen LogP contribution in [0.2, 0.25) is 0 Å². The first-order valence-corrected chi connectivity index (χ1v) is 7.95. The number of carboxylic acid groups (broad SMARTS) is 1. The SMILES string of the molecule is CC(C(=O)O)N(C)S(=O)(=O)Cc1cccc2cccnc12. The summed E-state index contributed by atoms with van der Waals surface area (Å²) >= 11 is 0. The van der Waals surface area contributed by atoms with Gasteiger partial charge in [-0.15, -0.1) is 0 Å². The number of carbonyl (C=O) groups is 1. The Morgan fingerprint density at radius 3 is 2.67 bits per heavy atom. The van der Waals surface area contributed by atoms with E-state index in [1.165, 1.54) is 14.0 Å². The Hall–Kier alpha value is -1.99. The Morgan fingerprint density at radius 1 is 1.33 bits per heavy atom. The summed E-state index contributed by atoms with van der Waals surface area (Å²) in [6, 6.07) is 7.81. The summed E-state index contributed by atoms with van der Waals surface area (Å²) in [7, 11) is -2.47. The molecule has 1 N–H and O–H groups in total. The molecule has 6 nitrogen and oxygen atoms in total. The van der Waals surface area contributed by atoms with E-state index in [1.54, 1.807) is 24.4 Å². The number of benzene rings is 1. The lowest BCUT2D eigenvalue weighted by molar-refractivity contribution is -0.140. The number of aromatic nitrogens is 1. The van der Waals surface area contributed by atoms with Crippen LogP contribution in [0.1, 0.15) is 12.5 Å². The Labute approximate surface area is 123 Å². The maximum Gasteiger partial charge on any atom is 0.321 e. The molecule has 0 amide bonds. The molecule has 0 spiro atoms. The topological polar surface area (TPSA) is 87.6 Å². The van der Waals surface area contributed by atoms with Crippen LogP contribution in [0.3, 0.4) is 0 Å². The number of sulfonamides is 1. The van der Waals surface area contributed by atoms with Crippen molar-refractivity contribution in [2.75, 3.05) is 7.05 Å². The van der Waals surface area contributed by atoms with E-state index in [4.69, 9.17) is 5.11 Å². The fourth-order valence-electron chi connectivity index (χ4n) is 1.98. The van der Waals surface area contributed by atoms with Crippen LogP contribution in [0.4, 0.5) is 0 Å². The fourth-order valence-corrected chi connectivity index (χ4v) is 3.38. The minimum atomic E-state index is -3.74. The average molecular weight is 308 g/mol. The lowest BCUT2D eigenvalue weighted by Crippen LogP contribution is -2.40. The zero-order chi connectivity index (χ0) is 15.6. The van der Waals surface area contributed by atoms with Crippen molar-refractivity contribution in [3.8, 4) is 0 Å². The molecular formula is C14H16N2O4S. The molecule has 7 heteroatoms.